The molecule has 4 nitrogen and oxygen atoms in total. The molecule has 1 heterocycles. The van der Waals surface area contributed by atoms with E-state index in [1.54, 1.807) is 0 Å². The van der Waals surface area contributed by atoms with Crippen molar-refractivity contribution in [3.63, 3.8) is 0 Å². The van der Waals surface area contributed by atoms with Crippen molar-refractivity contribution in [3.05, 3.63) is 28.0 Å². The Morgan fingerprint density at radius 1 is 1.38 bits per heavy atom. The van der Waals surface area contributed by atoms with Crippen LogP contribution in [-0.2, 0) is 14.8 Å². The van der Waals surface area contributed by atoms with E-state index < -0.39 is 20.9 Å². The maximum atomic E-state index is 13.7. The number of nitrogens with zero attached hydrogens (tertiary/aromatic N) is 1. The van der Waals surface area contributed by atoms with Crippen molar-refractivity contribution in [2.24, 2.45) is 5.92 Å². The van der Waals surface area contributed by atoms with Crippen LogP contribution in [0.1, 0.15) is 19.8 Å². The monoisotopic (exact) mass is 353 g/mol. The minimum absolute atomic E-state index is 0.0525. The number of carbonyl (C=O) groups excluding carboxylic acids is 1. The van der Waals surface area contributed by atoms with Crippen molar-refractivity contribution in [1.29, 1.82) is 0 Å². The molecule has 1 fully saturated rings. The van der Waals surface area contributed by atoms with E-state index in [0.717, 1.165) is 6.07 Å². The van der Waals surface area contributed by atoms with Gasteiger partial charge in [-0.1, -0.05) is 23.2 Å². The number of halogens is 3. The number of hydrogen-bond acceptors (Lipinski definition) is 3. The van der Waals surface area contributed by atoms with Crippen LogP contribution in [0.2, 0.25) is 10.0 Å². The molecule has 0 radical (unpaired) electrons. The second-order valence-corrected chi connectivity index (χ2v) is 7.68. The Kier molecular flexibility index (Phi) is 4.92. The van der Waals surface area contributed by atoms with Gasteiger partial charge in [-0.15, -0.1) is 0 Å². The molecular weight excluding hydrogens is 340 g/mol. The topological polar surface area (TPSA) is 54.5 Å². The normalized spacial score (nSPS) is 20.5. The Balaban J connectivity index is 2.38. The Labute approximate surface area is 132 Å². The van der Waals surface area contributed by atoms with Gasteiger partial charge in [0, 0.05) is 19.0 Å². The zero-order chi connectivity index (χ0) is 15.8. The van der Waals surface area contributed by atoms with Gasteiger partial charge in [-0.25, -0.2) is 12.8 Å². The van der Waals surface area contributed by atoms with Crippen LogP contribution in [-0.4, -0.2) is 31.6 Å². The van der Waals surface area contributed by atoms with E-state index in [-0.39, 0.29) is 34.7 Å². The molecule has 0 saturated carbocycles. The molecule has 1 aromatic rings. The van der Waals surface area contributed by atoms with Gasteiger partial charge >= 0.3 is 0 Å². The first-order valence-electron chi connectivity index (χ1n) is 6.39. The highest BCUT2D eigenvalue weighted by Crippen LogP contribution is 2.33. The summed E-state index contributed by atoms with van der Waals surface area (Å²) in [5.74, 6) is -1.34. The first-order valence-corrected chi connectivity index (χ1v) is 8.59. The number of ketones is 1. The molecule has 8 heteroatoms. The van der Waals surface area contributed by atoms with Crippen LogP contribution < -0.4 is 0 Å². The first kappa shape index (κ1) is 16.7. The summed E-state index contributed by atoms with van der Waals surface area (Å²) in [4.78, 5) is 11.1. The van der Waals surface area contributed by atoms with Crippen LogP contribution in [0.25, 0.3) is 0 Å². The van der Waals surface area contributed by atoms with Crippen molar-refractivity contribution in [3.8, 4) is 0 Å². The van der Waals surface area contributed by atoms with E-state index in [1.807, 2.05) is 0 Å². The smallest absolute Gasteiger partial charge is 0.244 e. The quantitative estimate of drug-likeness (QED) is 0.784. The summed E-state index contributed by atoms with van der Waals surface area (Å²) >= 11 is 11.3. The predicted molar refractivity (Wildman–Crippen MR) is 78.6 cm³/mol. The third kappa shape index (κ3) is 3.23. The van der Waals surface area contributed by atoms with Crippen LogP contribution in [0.15, 0.2) is 17.0 Å². The molecule has 0 spiro atoms. The average molecular weight is 354 g/mol. The third-order valence-electron chi connectivity index (χ3n) is 3.58. The zero-order valence-corrected chi connectivity index (χ0v) is 13.6. The number of piperidine rings is 1. The fourth-order valence-electron chi connectivity index (χ4n) is 2.34. The molecule has 1 aliphatic heterocycles. The molecule has 1 saturated heterocycles. The molecule has 116 valence electrons. The van der Waals surface area contributed by atoms with Gasteiger partial charge in [-0.2, -0.15) is 4.31 Å². The molecule has 0 aliphatic carbocycles. The molecular formula is C13H14Cl2FNO3S. The summed E-state index contributed by atoms with van der Waals surface area (Å²) in [6.45, 7) is 1.82. The van der Waals surface area contributed by atoms with Crippen molar-refractivity contribution >= 4 is 39.0 Å². The number of carbonyl (C=O) groups is 1. The number of hydrogen-bond donors (Lipinski definition) is 0. The molecule has 0 aromatic heterocycles. The van der Waals surface area contributed by atoms with E-state index in [2.05, 4.69) is 0 Å². The van der Waals surface area contributed by atoms with Gasteiger partial charge in [0.25, 0.3) is 0 Å². The lowest BCUT2D eigenvalue weighted by molar-refractivity contribution is -0.121. The van der Waals surface area contributed by atoms with Gasteiger partial charge in [-0.05, 0) is 31.9 Å². The second-order valence-electron chi connectivity index (χ2n) is 4.99. The largest absolute Gasteiger partial charge is 0.300 e. The Morgan fingerprint density at radius 2 is 2.05 bits per heavy atom. The molecule has 0 bridgehead atoms. The summed E-state index contributed by atoms with van der Waals surface area (Å²) in [6, 6.07) is 2.34. The van der Waals surface area contributed by atoms with Gasteiger partial charge in [-0.3, -0.25) is 4.79 Å². The predicted octanol–water partition coefficient (Wildman–Crippen LogP) is 3.12. The molecule has 2 rings (SSSR count). The third-order valence-corrected chi connectivity index (χ3v) is 6.26. The van der Waals surface area contributed by atoms with E-state index in [4.69, 9.17) is 23.2 Å². The van der Waals surface area contributed by atoms with E-state index in [9.17, 15) is 17.6 Å². The van der Waals surface area contributed by atoms with Gasteiger partial charge in [0.2, 0.25) is 10.0 Å². The van der Waals surface area contributed by atoms with Crippen LogP contribution in [0.5, 0.6) is 0 Å². The van der Waals surface area contributed by atoms with Crippen LogP contribution in [0.3, 0.4) is 0 Å². The molecule has 1 unspecified atom stereocenters. The highest BCUT2D eigenvalue weighted by atomic mass is 35.5. The summed E-state index contributed by atoms with van der Waals surface area (Å²) in [5.41, 5.74) is 0. The summed E-state index contributed by atoms with van der Waals surface area (Å²) in [6.07, 6.45) is 1.24. The fraction of sp³-hybridized carbons (Fsp3) is 0.462. The number of sulfonamides is 1. The lowest BCUT2D eigenvalue weighted by Crippen LogP contribution is -2.41. The Hall–Kier alpha value is -0.690. The molecule has 0 amide bonds. The van der Waals surface area contributed by atoms with Crippen LogP contribution >= 0.6 is 23.2 Å². The minimum Gasteiger partial charge on any atom is -0.300 e. The lowest BCUT2D eigenvalue weighted by atomic mass is 9.96. The van der Waals surface area contributed by atoms with Crippen molar-refractivity contribution in [2.75, 3.05) is 13.1 Å². The van der Waals surface area contributed by atoms with E-state index in [1.165, 1.54) is 17.3 Å². The average Bonchev–Trinajstić information content (AvgIpc) is 2.44. The summed E-state index contributed by atoms with van der Waals surface area (Å²) in [7, 11) is -3.95. The van der Waals surface area contributed by atoms with Crippen LogP contribution in [0, 0.1) is 11.7 Å². The standard InChI is InChI=1S/C13H14Cl2FNO3S/c1-8(18)9-3-2-6-17(7-9)21(19,20)11-5-4-10(14)13(16)12(11)15/h4-5,9H,2-3,6-7H2,1H3. The maximum Gasteiger partial charge on any atom is 0.244 e. The molecule has 21 heavy (non-hydrogen) atoms. The van der Waals surface area contributed by atoms with Crippen molar-refractivity contribution in [1.82, 2.24) is 4.31 Å². The van der Waals surface area contributed by atoms with E-state index >= 15 is 0 Å². The number of benzene rings is 1. The Morgan fingerprint density at radius 3 is 2.67 bits per heavy atom. The second kappa shape index (κ2) is 6.20. The van der Waals surface area contributed by atoms with Gasteiger partial charge in [0.05, 0.1) is 10.0 Å². The van der Waals surface area contributed by atoms with Gasteiger partial charge in [0.15, 0.2) is 5.82 Å². The SMILES string of the molecule is CC(=O)C1CCCN(S(=O)(=O)c2ccc(Cl)c(F)c2Cl)C1. The minimum atomic E-state index is -3.95. The molecule has 0 N–H and O–H groups in total. The molecule has 1 atom stereocenters. The highest BCUT2D eigenvalue weighted by Gasteiger charge is 2.34. The van der Waals surface area contributed by atoms with Gasteiger partial charge in [0.1, 0.15) is 10.7 Å². The fourth-order valence-corrected chi connectivity index (χ4v) is 4.58. The van der Waals surface area contributed by atoms with Crippen molar-refractivity contribution < 1.29 is 17.6 Å². The molecule has 1 aliphatic rings. The van der Waals surface area contributed by atoms with Gasteiger partial charge < -0.3 is 0 Å². The Bertz CT molecular complexity index is 678. The number of rotatable bonds is 3. The van der Waals surface area contributed by atoms with E-state index in [0.29, 0.717) is 12.8 Å². The lowest BCUT2D eigenvalue weighted by Gasteiger charge is -2.30. The maximum absolute atomic E-state index is 13.7. The first-order chi connectivity index (χ1) is 9.75. The summed E-state index contributed by atoms with van der Waals surface area (Å²) < 4.78 is 40.0. The number of Topliss-reactive ketones (excluding diaryl/α,β-unsaturated/α-hetero) is 1. The highest BCUT2D eigenvalue weighted by molar-refractivity contribution is 7.89. The summed E-state index contributed by atoms with van der Waals surface area (Å²) in [5, 5.41) is -0.758. The van der Waals surface area contributed by atoms with Crippen LogP contribution in [0.4, 0.5) is 4.39 Å². The van der Waals surface area contributed by atoms with Crippen molar-refractivity contribution in [2.45, 2.75) is 24.7 Å². The molecule has 1 aromatic carbocycles. The zero-order valence-electron chi connectivity index (χ0n) is 11.3.